The van der Waals surface area contributed by atoms with Crippen molar-refractivity contribution < 1.29 is 4.74 Å². The van der Waals surface area contributed by atoms with E-state index in [2.05, 4.69) is 43.6 Å². The van der Waals surface area contributed by atoms with Crippen LogP contribution in [0.5, 0.6) is 5.75 Å². The fourth-order valence-corrected chi connectivity index (χ4v) is 3.12. The maximum atomic E-state index is 5.50. The second-order valence-electron chi connectivity index (χ2n) is 6.82. The molecule has 0 saturated carbocycles. The van der Waals surface area contributed by atoms with Crippen molar-refractivity contribution in [2.24, 2.45) is 14.1 Å². The molecule has 4 aromatic rings. The van der Waals surface area contributed by atoms with Crippen LogP contribution in [0.3, 0.4) is 0 Å². The summed E-state index contributed by atoms with van der Waals surface area (Å²) in [5.74, 6) is 2.23. The molecule has 0 atom stereocenters. The van der Waals surface area contributed by atoms with Gasteiger partial charge in [0.05, 0.1) is 24.4 Å². The number of aromatic nitrogens is 5. The molecule has 0 aliphatic heterocycles. The molecule has 0 radical (unpaired) electrons. The van der Waals surface area contributed by atoms with Crippen molar-refractivity contribution in [3.05, 3.63) is 42.6 Å². The van der Waals surface area contributed by atoms with E-state index >= 15 is 0 Å². The third kappa shape index (κ3) is 3.13. The van der Waals surface area contributed by atoms with Gasteiger partial charge in [0.15, 0.2) is 5.65 Å². The smallest absolute Gasteiger partial charge is 0.163 e. The van der Waals surface area contributed by atoms with Crippen molar-refractivity contribution in [1.82, 2.24) is 24.5 Å². The Morgan fingerprint density at radius 2 is 1.89 bits per heavy atom. The molecule has 3 aromatic heterocycles. The topological polar surface area (TPSA) is 73.0 Å². The monoisotopic (exact) mass is 377 g/mol. The Morgan fingerprint density at radius 1 is 1.07 bits per heavy atom. The Bertz CT molecular complexity index is 1140. The molecule has 8 heteroatoms. The van der Waals surface area contributed by atoms with Crippen molar-refractivity contribution in [1.29, 1.82) is 0 Å². The molecule has 0 fully saturated rings. The molecule has 3 heterocycles. The molecule has 0 amide bonds. The lowest BCUT2D eigenvalue weighted by Crippen LogP contribution is -2.08. The first-order valence-electron chi connectivity index (χ1n) is 8.92. The average molecular weight is 377 g/mol. The van der Waals surface area contributed by atoms with E-state index in [0.717, 1.165) is 39.5 Å². The summed E-state index contributed by atoms with van der Waals surface area (Å²) >= 11 is 0. The van der Waals surface area contributed by atoms with Gasteiger partial charge < -0.3 is 15.0 Å². The van der Waals surface area contributed by atoms with E-state index < -0.39 is 0 Å². The predicted molar refractivity (Wildman–Crippen MR) is 111 cm³/mol. The summed E-state index contributed by atoms with van der Waals surface area (Å²) in [5.41, 5.74) is 3.83. The fourth-order valence-electron chi connectivity index (χ4n) is 3.12. The normalized spacial score (nSPS) is 11.0. The van der Waals surface area contributed by atoms with E-state index in [0.29, 0.717) is 5.82 Å². The van der Waals surface area contributed by atoms with Crippen LogP contribution in [0.1, 0.15) is 0 Å². The summed E-state index contributed by atoms with van der Waals surface area (Å²) in [4.78, 5) is 6.73. The molecular formula is C20H23N7O. The van der Waals surface area contributed by atoms with Crippen molar-refractivity contribution in [3.63, 3.8) is 0 Å². The van der Waals surface area contributed by atoms with E-state index in [4.69, 9.17) is 4.74 Å². The van der Waals surface area contributed by atoms with Gasteiger partial charge in [-0.05, 0) is 12.1 Å². The molecule has 0 spiro atoms. The second kappa shape index (κ2) is 6.88. The number of rotatable bonds is 5. The summed E-state index contributed by atoms with van der Waals surface area (Å²) in [6.07, 6.45) is 1.75. The van der Waals surface area contributed by atoms with Gasteiger partial charge in [-0.15, -0.1) is 0 Å². The minimum atomic E-state index is 0.671. The fraction of sp³-hybridized carbons (Fsp3) is 0.250. The summed E-state index contributed by atoms with van der Waals surface area (Å²) in [5, 5.41) is 13.1. The van der Waals surface area contributed by atoms with Gasteiger partial charge in [-0.2, -0.15) is 10.2 Å². The number of pyridine rings is 1. The lowest BCUT2D eigenvalue weighted by molar-refractivity contribution is 0.419. The van der Waals surface area contributed by atoms with Gasteiger partial charge in [-0.3, -0.25) is 9.36 Å². The minimum Gasteiger partial charge on any atom is -0.496 e. The van der Waals surface area contributed by atoms with E-state index in [1.165, 1.54) is 0 Å². The third-order valence-corrected chi connectivity index (χ3v) is 4.68. The number of nitrogens with one attached hydrogen (secondary N) is 1. The lowest BCUT2D eigenvalue weighted by Gasteiger charge is -2.12. The number of nitrogens with zero attached hydrogens (tertiary/aromatic N) is 6. The highest BCUT2D eigenvalue weighted by molar-refractivity contribution is 5.84. The highest BCUT2D eigenvalue weighted by Crippen LogP contribution is 2.30. The number of hydrogen-bond donors (Lipinski definition) is 1. The SMILES string of the molecule is COc1cc(Nc2cc(-c3cccc(N(C)C)c3)nn2C)nc2c1cnn2C. The molecule has 1 N–H and O–H groups in total. The highest BCUT2D eigenvalue weighted by Gasteiger charge is 2.13. The van der Waals surface area contributed by atoms with Crippen LogP contribution in [0, 0.1) is 0 Å². The predicted octanol–water partition coefficient (Wildman–Crippen LogP) is 3.19. The van der Waals surface area contributed by atoms with Crippen LogP contribution >= 0.6 is 0 Å². The number of hydrogen-bond acceptors (Lipinski definition) is 6. The zero-order chi connectivity index (χ0) is 19.8. The van der Waals surface area contributed by atoms with Gasteiger partial charge in [0.1, 0.15) is 17.4 Å². The first-order chi connectivity index (χ1) is 13.5. The number of anilines is 3. The molecule has 0 aliphatic rings. The molecule has 144 valence electrons. The van der Waals surface area contributed by atoms with Gasteiger partial charge >= 0.3 is 0 Å². The highest BCUT2D eigenvalue weighted by atomic mass is 16.5. The largest absolute Gasteiger partial charge is 0.496 e. The standard InChI is InChI=1S/C20H23N7O/c1-25(2)14-8-6-7-13(9-14)16-10-19(26(3)24-16)22-18-11-17(28-5)15-12-21-27(4)20(15)23-18/h6-12H,1-5H3,(H,22,23). The maximum Gasteiger partial charge on any atom is 0.163 e. The Kier molecular flexibility index (Phi) is 4.38. The Morgan fingerprint density at radius 3 is 2.64 bits per heavy atom. The lowest BCUT2D eigenvalue weighted by atomic mass is 10.1. The van der Waals surface area contributed by atoms with Crippen LogP contribution in [0.15, 0.2) is 42.6 Å². The van der Waals surface area contributed by atoms with E-state index in [9.17, 15) is 0 Å². The molecule has 4 rings (SSSR count). The number of fused-ring (bicyclic) bond motifs is 1. The molecule has 28 heavy (non-hydrogen) atoms. The van der Waals surface area contributed by atoms with Gasteiger partial charge in [0.25, 0.3) is 0 Å². The average Bonchev–Trinajstić information content (AvgIpc) is 3.24. The molecule has 0 unspecified atom stereocenters. The van der Waals surface area contributed by atoms with Crippen LogP contribution in [0.2, 0.25) is 0 Å². The number of aryl methyl sites for hydroxylation is 2. The van der Waals surface area contributed by atoms with Gasteiger partial charge in [0.2, 0.25) is 0 Å². The molecule has 0 bridgehead atoms. The van der Waals surface area contributed by atoms with E-state index in [1.807, 2.05) is 46.4 Å². The van der Waals surface area contributed by atoms with Crippen molar-refractivity contribution >= 4 is 28.4 Å². The third-order valence-electron chi connectivity index (χ3n) is 4.68. The number of ether oxygens (including phenoxy) is 1. The Labute approximate surface area is 163 Å². The Hall–Kier alpha value is -3.55. The molecule has 1 aromatic carbocycles. The van der Waals surface area contributed by atoms with Crippen LogP contribution in [-0.4, -0.2) is 45.8 Å². The Balaban J connectivity index is 1.69. The molecule has 0 saturated heterocycles. The van der Waals surface area contributed by atoms with Gasteiger partial charge in [-0.1, -0.05) is 12.1 Å². The first-order valence-corrected chi connectivity index (χ1v) is 8.92. The maximum absolute atomic E-state index is 5.50. The summed E-state index contributed by atoms with van der Waals surface area (Å²) in [6, 6.07) is 12.2. The molecule has 0 aliphatic carbocycles. The van der Waals surface area contributed by atoms with Gasteiger partial charge in [-0.25, -0.2) is 4.98 Å². The van der Waals surface area contributed by atoms with Crippen LogP contribution < -0.4 is 15.0 Å². The second-order valence-corrected chi connectivity index (χ2v) is 6.82. The van der Waals surface area contributed by atoms with Crippen molar-refractivity contribution in [2.45, 2.75) is 0 Å². The summed E-state index contributed by atoms with van der Waals surface area (Å²) in [6.45, 7) is 0. The molecule has 8 nitrogen and oxygen atoms in total. The van der Waals surface area contributed by atoms with Crippen molar-refractivity contribution in [2.75, 3.05) is 31.4 Å². The molecular weight excluding hydrogens is 354 g/mol. The first kappa shape index (κ1) is 17.8. The van der Waals surface area contributed by atoms with E-state index in [1.54, 1.807) is 22.7 Å². The van der Waals surface area contributed by atoms with Crippen LogP contribution in [0.4, 0.5) is 17.3 Å². The summed E-state index contributed by atoms with van der Waals surface area (Å²) in [7, 11) is 9.46. The van der Waals surface area contributed by atoms with E-state index in [-0.39, 0.29) is 0 Å². The van der Waals surface area contributed by atoms with Gasteiger partial charge in [0, 0.05) is 51.6 Å². The van der Waals surface area contributed by atoms with Crippen LogP contribution in [0.25, 0.3) is 22.3 Å². The zero-order valence-corrected chi connectivity index (χ0v) is 16.6. The number of benzene rings is 1. The van der Waals surface area contributed by atoms with Crippen LogP contribution in [-0.2, 0) is 14.1 Å². The quantitative estimate of drug-likeness (QED) is 0.576. The zero-order valence-electron chi connectivity index (χ0n) is 16.6. The number of methoxy groups -OCH3 is 1. The van der Waals surface area contributed by atoms with Crippen molar-refractivity contribution in [3.8, 4) is 17.0 Å². The minimum absolute atomic E-state index is 0.671. The summed E-state index contributed by atoms with van der Waals surface area (Å²) < 4.78 is 9.03.